The van der Waals surface area contributed by atoms with Gasteiger partial charge in [-0.15, -0.1) is 0 Å². The number of fused-ring (bicyclic) bond motifs is 1. The minimum absolute atomic E-state index is 0.0891. The summed E-state index contributed by atoms with van der Waals surface area (Å²) < 4.78 is 12.9. The molecule has 1 aliphatic rings. The minimum atomic E-state index is -0.613. The number of carbonyl (C=O) groups is 1. The molecule has 3 aromatic rings. The predicted octanol–water partition coefficient (Wildman–Crippen LogP) is 3.07. The van der Waals surface area contributed by atoms with Gasteiger partial charge in [-0.25, -0.2) is 4.98 Å². The van der Waals surface area contributed by atoms with Crippen molar-refractivity contribution in [3.05, 3.63) is 47.7 Å². The second-order valence-corrected chi connectivity index (χ2v) is 7.39. The van der Waals surface area contributed by atoms with E-state index in [1.165, 1.54) is 0 Å². The molecule has 0 bridgehead atoms. The molecule has 0 radical (unpaired) electrons. The molecule has 1 N–H and O–H groups in total. The Labute approximate surface area is 163 Å². The molecule has 0 spiro atoms. The molecule has 1 atom stereocenters. The fourth-order valence-corrected chi connectivity index (χ4v) is 3.97. The Kier molecular flexibility index (Phi) is 4.85. The van der Waals surface area contributed by atoms with Gasteiger partial charge in [0.2, 0.25) is 0 Å². The van der Waals surface area contributed by atoms with Crippen molar-refractivity contribution in [2.45, 2.75) is 25.9 Å². The number of hydrogen-bond donors (Lipinski definition) is 1. The van der Waals surface area contributed by atoms with Crippen LogP contribution in [0.15, 0.2) is 35.0 Å². The van der Waals surface area contributed by atoms with Gasteiger partial charge in [-0.1, -0.05) is 0 Å². The molecule has 1 aromatic carbocycles. The molecule has 2 aromatic heterocycles. The molecule has 1 aliphatic heterocycles. The quantitative estimate of drug-likeness (QED) is 0.749. The monoisotopic (exact) mass is 383 g/mol. The van der Waals surface area contributed by atoms with Gasteiger partial charge >= 0.3 is 0 Å². The highest BCUT2D eigenvalue weighted by atomic mass is 16.5. The molecule has 1 unspecified atom stereocenters. The predicted molar refractivity (Wildman–Crippen MR) is 104 cm³/mol. The summed E-state index contributed by atoms with van der Waals surface area (Å²) in [5, 5.41) is 11.5. The number of aryl methyl sites for hydroxylation is 2. The first-order chi connectivity index (χ1) is 13.5. The van der Waals surface area contributed by atoms with Crippen LogP contribution in [0.1, 0.15) is 40.9 Å². The number of piperidine rings is 1. The molecule has 3 heterocycles. The summed E-state index contributed by atoms with van der Waals surface area (Å²) in [5.74, 6) is 1.74. The number of hydrogen-bond acceptors (Lipinski definition) is 5. The summed E-state index contributed by atoms with van der Waals surface area (Å²) >= 11 is 0. The Balaban J connectivity index is 1.48. The normalized spacial score (nSPS) is 16.5. The number of amides is 1. The Hall–Kier alpha value is -2.80. The number of imidazole rings is 1. The third-order valence-electron chi connectivity index (χ3n) is 5.74. The number of aliphatic hydroxyl groups excluding tert-OH is 1. The van der Waals surface area contributed by atoms with E-state index in [4.69, 9.17) is 9.15 Å². The fourth-order valence-electron chi connectivity index (χ4n) is 3.97. The zero-order valence-corrected chi connectivity index (χ0v) is 16.4. The molecular weight excluding hydrogens is 358 g/mol. The summed E-state index contributed by atoms with van der Waals surface area (Å²) in [7, 11) is 3.48. The zero-order chi connectivity index (χ0) is 19.8. The smallest absolute Gasteiger partial charge is 0.289 e. The lowest BCUT2D eigenvalue weighted by atomic mass is 9.90. The second kappa shape index (κ2) is 7.31. The van der Waals surface area contributed by atoms with E-state index in [-0.39, 0.29) is 11.8 Å². The van der Waals surface area contributed by atoms with Crippen LogP contribution in [-0.2, 0) is 7.05 Å². The first-order valence-corrected chi connectivity index (χ1v) is 9.51. The van der Waals surface area contributed by atoms with Gasteiger partial charge in [0.25, 0.3) is 5.91 Å². The van der Waals surface area contributed by atoms with Crippen molar-refractivity contribution in [3.63, 3.8) is 0 Å². The number of nitrogens with zero attached hydrogens (tertiary/aromatic N) is 3. The maximum atomic E-state index is 13.0. The van der Waals surface area contributed by atoms with Crippen LogP contribution in [0, 0.1) is 12.8 Å². The topological polar surface area (TPSA) is 80.7 Å². The highest BCUT2D eigenvalue weighted by Gasteiger charge is 2.32. The molecule has 7 nitrogen and oxygen atoms in total. The van der Waals surface area contributed by atoms with Crippen LogP contribution >= 0.6 is 0 Å². The van der Waals surface area contributed by atoms with Crippen molar-refractivity contribution in [3.8, 4) is 5.75 Å². The molecule has 0 aliphatic carbocycles. The maximum Gasteiger partial charge on any atom is 0.289 e. The number of benzene rings is 1. The summed E-state index contributed by atoms with van der Waals surface area (Å²) in [4.78, 5) is 19.1. The Morgan fingerprint density at radius 1 is 1.36 bits per heavy atom. The zero-order valence-electron chi connectivity index (χ0n) is 16.4. The lowest BCUT2D eigenvalue weighted by Crippen LogP contribution is -2.40. The number of methoxy groups -OCH3 is 1. The first-order valence-electron chi connectivity index (χ1n) is 9.51. The van der Waals surface area contributed by atoms with Gasteiger partial charge in [-0.2, -0.15) is 0 Å². The van der Waals surface area contributed by atoms with Crippen molar-refractivity contribution in [1.82, 2.24) is 14.5 Å². The van der Waals surface area contributed by atoms with E-state index >= 15 is 0 Å². The highest BCUT2D eigenvalue weighted by Crippen LogP contribution is 2.33. The number of likely N-dealkylation sites (tertiary alicyclic amines) is 1. The van der Waals surface area contributed by atoms with Gasteiger partial charge < -0.3 is 23.7 Å². The van der Waals surface area contributed by atoms with Crippen molar-refractivity contribution in [1.29, 1.82) is 0 Å². The van der Waals surface area contributed by atoms with Gasteiger partial charge in [0.05, 0.1) is 7.11 Å². The van der Waals surface area contributed by atoms with Crippen molar-refractivity contribution < 1.29 is 19.1 Å². The number of furan rings is 1. The van der Waals surface area contributed by atoms with Crippen LogP contribution in [0.25, 0.3) is 11.0 Å². The average molecular weight is 383 g/mol. The van der Waals surface area contributed by atoms with Gasteiger partial charge in [-0.3, -0.25) is 4.79 Å². The Morgan fingerprint density at radius 2 is 2.11 bits per heavy atom. The average Bonchev–Trinajstić information content (AvgIpc) is 3.29. The van der Waals surface area contributed by atoms with Gasteiger partial charge in [0.1, 0.15) is 23.3 Å². The van der Waals surface area contributed by atoms with E-state index in [0.29, 0.717) is 36.0 Å². The van der Waals surface area contributed by atoms with Crippen molar-refractivity contribution in [2.75, 3.05) is 20.2 Å². The summed E-state index contributed by atoms with van der Waals surface area (Å²) in [6.45, 7) is 3.08. The van der Waals surface area contributed by atoms with Crippen molar-refractivity contribution in [2.24, 2.45) is 13.0 Å². The fraction of sp³-hybridized carbons (Fsp3) is 0.429. The number of carbonyl (C=O) groups excluding carboxylic acids is 1. The number of ether oxygens (including phenoxy) is 1. The standard InChI is InChI=1S/C21H25N3O4/c1-13-16-5-4-15(27-3)12-17(16)28-19(13)21(26)24-9-6-14(7-10-24)18(25)20-22-8-11-23(20)2/h4-5,8,11-12,14,18,25H,6-7,9-10H2,1-3H3. The first kappa shape index (κ1) is 18.6. The van der Waals surface area contributed by atoms with Crippen LogP contribution in [-0.4, -0.2) is 45.7 Å². The Bertz CT molecular complexity index is 998. The number of aromatic nitrogens is 2. The van der Waals surface area contributed by atoms with E-state index in [1.807, 2.05) is 41.8 Å². The van der Waals surface area contributed by atoms with Crippen LogP contribution in [0.4, 0.5) is 0 Å². The number of rotatable bonds is 4. The Morgan fingerprint density at radius 3 is 2.75 bits per heavy atom. The molecule has 1 amide bonds. The molecule has 148 valence electrons. The molecular formula is C21H25N3O4. The van der Waals surface area contributed by atoms with Crippen LogP contribution in [0.2, 0.25) is 0 Å². The van der Waals surface area contributed by atoms with E-state index < -0.39 is 6.10 Å². The second-order valence-electron chi connectivity index (χ2n) is 7.39. The molecule has 1 saturated heterocycles. The van der Waals surface area contributed by atoms with Gasteiger partial charge in [0.15, 0.2) is 5.76 Å². The third kappa shape index (κ3) is 3.16. The van der Waals surface area contributed by atoms with Crippen molar-refractivity contribution >= 4 is 16.9 Å². The van der Waals surface area contributed by atoms with Crippen LogP contribution < -0.4 is 4.74 Å². The summed E-state index contributed by atoms with van der Waals surface area (Å²) in [6, 6.07) is 5.58. The largest absolute Gasteiger partial charge is 0.497 e. The molecule has 4 rings (SSSR count). The molecule has 7 heteroatoms. The van der Waals surface area contributed by atoms with Gasteiger partial charge in [0, 0.05) is 49.5 Å². The lowest BCUT2D eigenvalue weighted by molar-refractivity contribution is 0.0403. The van der Waals surface area contributed by atoms with E-state index in [9.17, 15) is 9.90 Å². The maximum absolute atomic E-state index is 13.0. The lowest BCUT2D eigenvalue weighted by Gasteiger charge is -2.33. The van der Waals surface area contributed by atoms with E-state index in [1.54, 1.807) is 19.4 Å². The number of aliphatic hydroxyl groups is 1. The molecule has 0 saturated carbocycles. The molecule has 1 fully saturated rings. The SMILES string of the molecule is COc1ccc2c(C)c(C(=O)N3CCC(C(O)c4nccn4C)CC3)oc2c1. The van der Waals surface area contributed by atoms with E-state index in [2.05, 4.69) is 4.98 Å². The summed E-state index contributed by atoms with van der Waals surface area (Å²) in [6.07, 6.45) is 4.37. The van der Waals surface area contributed by atoms with Crippen LogP contribution in [0.5, 0.6) is 5.75 Å². The van der Waals surface area contributed by atoms with Gasteiger partial charge in [-0.05, 0) is 37.8 Å². The van der Waals surface area contributed by atoms with E-state index in [0.717, 1.165) is 23.8 Å². The summed E-state index contributed by atoms with van der Waals surface area (Å²) in [5.41, 5.74) is 1.50. The highest BCUT2D eigenvalue weighted by molar-refractivity contribution is 5.99. The third-order valence-corrected chi connectivity index (χ3v) is 5.74. The molecule has 28 heavy (non-hydrogen) atoms. The minimum Gasteiger partial charge on any atom is -0.497 e. The van der Waals surface area contributed by atoms with Crippen LogP contribution in [0.3, 0.4) is 0 Å².